The van der Waals surface area contributed by atoms with Crippen molar-refractivity contribution in [3.05, 3.63) is 22.4 Å². The molecule has 2 N–H and O–H groups in total. The van der Waals surface area contributed by atoms with Gasteiger partial charge in [0.25, 0.3) is 0 Å². The van der Waals surface area contributed by atoms with Crippen LogP contribution in [-0.4, -0.2) is 49.5 Å². The van der Waals surface area contributed by atoms with Crippen molar-refractivity contribution in [3.8, 4) is 0 Å². The Morgan fingerprint density at radius 1 is 1.44 bits per heavy atom. The number of thiophene rings is 1. The van der Waals surface area contributed by atoms with E-state index in [9.17, 15) is 4.79 Å². The Hall–Kier alpha value is -0.830. The molecule has 1 aromatic heterocycles. The number of carbonyl (C=O) groups excluding carboxylic acids is 1. The smallest absolute Gasteiger partial charge is 0.222 e. The molecule has 7 heteroatoms. The van der Waals surface area contributed by atoms with Crippen molar-refractivity contribution in [2.75, 3.05) is 26.7 Å². The van der Waals surface area contributed by atoms with Gasteiger partial charge in [-0.2, -0.15) is 0 Å². The molecule has 1 aliphatic heterocycles. The van der Waals surface area contributed by atoms with Crippen molar-refractivity contribution in [1.29, 1.82) is 0 Å². The Balaban J connectivity index is 0.00000312. The summed E-state index contributed by atoms with van der Waals surface area (Å²) in [5, 5.41) is 8.88. The van der Waals surface area contributed by atoms with E-state index in [2.05, 4.69) is 51.9 Å². The number of rotatable bonds is 8. The van der Waals surface area contributed by atoms with Gasteiger partial charge in [-0.15, -0.1) is 35.3 Å². The van der Waals surface area contributed by atoms with Crippen LogP contribution in [0.25, 0.3) is 0 Å². The van der Waals surface area contributed by atoms with Crippen molar-refractivity contribution < 1.29 is 4.79 Å². The number of aliphatic imine (C=N–C) groups is 1. The molecule has 0 spiro atoms. The normalized spacial score (nSPS) is 17.2. The van der Waals surface area contributed by atoms with Gasteiger partial charge >= 0.3 is 0 Å². The van der Waals surface area contributed by atoms with E-state index >= 15 is 0 Å². The lowest BCUT2D eigenvalue weighted by Gasteiger charge is -2.27. The average molecular weight is 478 g/mol. The molecular weight excluding hydrogens is 447 g/mol. The standard InChI is InChI=1S/C18H30N4OS.HI/c1-4-15(22-11-5-8-17(22)23)9-10-20-18(19-3)21-13-14(2)16-7-6-12-24-16;/h6-7,12,14-15H,4-5,8-11,13H2,1-3H3,(H2,19,20,21);1H. The van der Waals surface area contributed by atoms with E-state index in [-0.39, 0.29) is 24.0 Å². The van der Waals surface area contributed by atoms with E-state index in [4.69, 9.17) is 0 Å². The second kappa shape index (κ2) is 11.7. The Morgan fingerprint density at radius 2 is 2.24 bits per heavy atom. The molecule has 1 aliphatic rings. The molecule has 1 aromatic rings. The van der Waals surface area contributed by atoms with Crippen molar-refractivity contribution >= 4 is 47.2 Å². The van der Waals surface area contributed by atoms with E-state index in [0.717, 1.165) is 44.9 Å². The lowest BCUT2D eigenvalue weighted by atomic mass is 10.1. The van der Waals surface area contributed by atoms with Crippen LogP contribution in [0.2, 0.25) is 0 Å². The molecule has 0 aromatic carbocycles. The first kappa shape index (κ1) is 22.2. The maximum Gasteiger partial charge on any atom is 0.222 e. The van der Waals surface area contributed by atoms with Crippen LogP contribution in [0.5, 0.6) is 0 Å². The van der Waals surface area contributed by atoms with Gasteiger partial charge in [-0.1, -0.05) is 19.9 Å². The lowest BCUT2D eigenvalue weighted by Crippen LogP contribution is -2.42. The minimum Gasteiger partial charge on any atom is -0.356 e. The molecule has 2 atom stereocenters. The molecule has 1 amide bonds. The molecule has 0 aliphatic carbocycles. The molecule has 1 saturated heterocycles. The number of likely N-dealkylation sites (tertiary alicyclic amines) is 1. The summed E-state index contributed by atoms with van der Waals surface area (Å²) in [6.07, 6.45) is 3.69. The van der Waals surface area contributed by atoms with E-state index < -0.39 is 0 Å². The van der Waals surface area contributed by atoms with Crippen LogP contribution in [0.1, 0.15) is 50.3 Å². The van der Waals surface area contributed by atoms with Crippen LogP contribution >= 0.6 is 35.3 Å². The fraction of sp³-hybridized carbons (Fsp3) is 0.667. The Morgan fingerprint density at radius 3 is 2.80 bits per heavy atom. The highest BCUT2D eigenvalue weighted by Gasteiger charge is 2.26. The zero-order valence-electron chi connectivity index (χ0n) is 15.5. The molecule has 2 heterocycles. The van der Waals surface area contributed by atoms with E-state index in [1.165, 1.54) is 4.88 Å². The summed E-state index contributed by atoms with van der Waals surface area (Å²) < 4.78 is 0. The predicted octanol–water partition coefficient (Wildman–Crippen LogP) is 3.43. The van der Waals surface area contributed by atoms with Crippen molar-refractivity contribution in [3.63, 3.8) is 0 Å². The fourth-order valence-corrected chi connectivity index (χ4v) is 3.92. The summed E-state index contributed by atoms with van der Waals surface area (Å²) >= 11 is 1.79. The number of nitrogens with one attached hydrogen (secondary N) is 2. The van der Waals surface area contributed by atoms with E-state index in [0.29, 0.717) is 24.3 Å². The highest BCUT2D eigenvalue weighted by Crippen LogP contribution is 2.19. The monoisotopic (exact) mass is 478 g/mol. The number of amides is 1. The maximum absolute atomic E-state index is 11.9. The number of hydrogen-bond acceptors (Lipinski definition) is 3. The molecule has 25 heavy (non-hydrogen) atoms. The third-order valence-corrected chi connectivity index (χ3v) is 5.72. The first-order valence-electron chi connectivity index (χ1n) is 8.93. The van der Waals surface area contributed by atoms with E-state index in [1.807, 2.05) is 0 Å². The van der Waals surface area contributed by atoms with Crippen molar-refractivity contribution in [1.82, 2.24) is 15.5 Å². The second-order valence-electron chi connectivity index (χ2n) is 6.34. The number of nitrogens with zero attached hydrogens (tertiary/aromatic N) is 2. The minimum atomic E-state index is 0. The molecule has 0 radical (unpaired) electrons. The highest BCUT2D eigenvalue weighted by atomic mass is 127. The van der Waals surface area contributed by atoms with Crippen LogP contribution < -0.4 is 10.6 Å². The Bertz CT molecular complexity index is 535. The summed E-state index contributed by atoms with van der Waals surface area (Å²) in [5.74, 6) is 1.62. The van der Waals surface area contributed by atoms with Gasteiger partial charge in [-0.05, 0) is 30.7 Å². The Kier molecular flexibility index (Phi) is 10.4. The SMILES string of the molecule is CCC(CCNC(=NC)NCC(C)c1cccs1)N1CCCC1=O.I. The predicted molar refractivity (Wildman–Crippen MR) is 117 cm³/mol. The lowest BCUT2D eigenvalue weighted by molar-refractivity contribution is -0.129. The first-order valence-corrected chi connectivity index (χ1v) is 9.81. The van der Waals surface area contributed by atoms with Gasteiger partial charge in [0.05, 0.1) is 0 Å². The van der Waals surface area contributed by atoms with Gasteiger partial charge in [0, 0.05) is 49.9 Å². The van der Waals surface area contributed by atoms with Crippen LogP contribution in [0.15, 0.2) is 22.5 Å². The summed E-state index contributed by atoms with van der Waals surface area (Å²) in [5.41, 5.74) is 0. The van der Waals surface area contributed by atoms with Gasteiger partial charge in [0.1, 0.15) is 0 Å². The maximum atomic E-state index is 11.9. The minimum absolute atomic E-state index is 0. The summed E-state index contributed by atoms with van der Waals surface area (Å²) in [6, 6.07) is 4.61. The van der Waals surface area contributed by atoms with Gasteiger partial charge in [0.2, 0.25) is 5.91 Å². The third kappa shape index (κ3) is 6.77. The molecule has 142 valence electrons. The molecule has 2 rings (SSSR count). The van der Waals surface area contributed by atoms with Gasteiger partial charge in [0.15, 0.2) is 5.96 Å². The van der Waals surface area contributed by atoms with Gasteiger partial charge in [-0.25, -0.2) is 0 Å². The second-order valence-corrected chi connectivity index (χ2v) is 7.32. The molecule has 5 nitrogen and oxygen atoms in total. The van der Waals surface area contributed by atoms with Crippen LogP contribution in [0, 0.1) is 0 Å². The topological polar surface area (TPSA) is 56.7 Å². The van der Waals surface area contributed by atoms with Gasteiger partial charge in [-0.3, -0.25) is 9.79 Å². The highest BCUT2D eigenvalue weighted by molar-refractivity contribution is 14.0. The van der Waals surface area contributed by atoms with Crippen molar-refractivity contribution in [2.45, 2.75) is 51.5 Å². The van der Waals surface area contributed by atoms with Crippen molar-refractivity contribution in [2.24, 2.45) is 4.99 Å². The summed E-state index contributed by atoms with van der Waals surface area (Å²) in [4.78, 5) is 19.6. The molecule has 0 bridgehead atoms. The third-order valence-electron chi connectivity index (χ3n) is 4.62. The molecule has 1 fully saturated rings. The number of hydrogen-bond donors (Lipinski definition) is 2. The zero-order chi connectivity index (χ0) is 17.4. The average Bonchev–Trinajstić information content (AvgIpc) is 3.26. The molecule has 2 unspecified atom stereocenters. The number of halogens is 1. The van der Waals surface area contributed by atoms with E-state index in [1.54, 1.807) is 18.4 Å². The number of carbonyl (C=O) groups is 1. The zero-order valence-corrected chi connectivity index (χ0v) is 18.6. The summed E-state index contributed by atoms with van der Waals surface area (Å²) in [7, 11) is 1.80. The largest absolute Gasteiger partial charge is 0.356 e. The molecule has 0 saturated carbocycles. The van der Waals surface area contributed by atoms with Crippen LogP contribution in [0.3, 0.4) is 0 Å². The Labute approximate surface area is 172 Å². The summed E-state index contributed by atoms with van der Waals surface area (Å²) in [6.45, 7) is 6.99. The van der Waals surface area contributed by atoms with Crippen LogP contribution in [0.4, 0.5) is 0 Å². The first-order chi connectivity index (χ1) is 11.7. The fourth-order valence-electron chi connectivity index (χ4n) is 3.14. The molecular formula is C18H31IN4OS. The number of guanidine groups is 1. The quantitative estimate of drug-likeness (QED) is 0.342. The van der Waals surface area contributed by atoms with Crippen LogP contribution in [-0.2, 0) is 4.79 Å². The van der Waals surface area contributed by atoms with Gasteiger partial charge < -0.3 is 15.5 Å².